The molecule has 0 saturated carbocycles. The molecule has 0 saturated heterocycles. The van der Waals surface area contributed by atoms with Gasteiger partial charge in [0.1, 0.15) is 0 Å². The first-order chi connectivity index (χ1) is 21.3. The van der Waals surface area contributed by atoms with Crippen molar-refractivity contribution in [2.45, 2.75) is 0 Å². The van der Waals surface area contributed by atoms with Gasteiger partial charge in [0, 0.05) is 0 Å². The van der Waals surface area contributed by atoms with Gasteiger partial charge in [-0.15, -0.1) is 0 Å². The summed E-state index contributed by atoms with van der Waals surface area (Å²) < 4.78 is 85.4. The SMILES string of the molecule is Fc1cc[c]([Sn]([c]2ccc(F)cc2)[c]2ccc(F)cc2)cc1.Fc1cc[c]([Sn]([c]2ccc(F)cc2)[c]2ccc(F)cc2)cc1. The van der Waals surface area contributed by atoms with Crippen LogP contribution in [0.4, 0.5) is 26.3 Å². The van der Waals surface area contributed by atoms with Crippen molar-refractivity contribution in [2.75, 3.05) is 0 Å². The standard InChI is InChI=1S/6C6H4F.2Sn/c6*7-6-4-2-1-3-5-6;;/h6*2-5H;;. The van der Waals surface area contributed by atoms with Crippen molar-refractivity contribution in [1.29, 1.82) is 0 Å². The van der Waals surface area contributed by atoms with Crippen LogP contribution in [0.15, 0.2) is 146 Å². The van der Waals surface area contributed by atoms with Gasteiger partial charge < -0.3 is 0 Å². The molecule has 0 bridgehead atoms. The summed E-state index contributed by atoms with van der Waals surface area (Å²) in [4.78, 5) is 0. The van der Waals surface area contributed by atoms with E-state index in [1.165, 1.54) is 72.8 Å². The van der Waals surface area contributed by atoms with Crippen LogP contribution in [-0.4, -0.2) is 39.5 Å². The Morgan fingerprint density at radius 3 is 0.432 bits per heavy atom. The fraction of sp³-hybridized carbons (Fsp3) is 0. The van der Waals surface area contributed by atoms with Crippen molar-refractivity contribution >= 4 is 61.0 Å². The number of benzene rings is 6. The van der Waals surface area contributed by atoms with Crippen molar-refractivity contribution in [2.24, 2.45) is 0 Å². The van der Waals surface area contributed by atoms with E-state index in [-0.39, 0.29) is 34.9 Å². The fourth-order valence-electron chi connectivity index (χ4n) is 4.70. The summed E-state index contributed by atoms with van der Waals surface area (Å²) in [5.74, 6) is -1.72. The zero-order chi connectivity index (χ0) is 31.1. The Bertz CT molecular complexity index is 1420. The van der Waals surface area contributed by atoms with E-state index >= 15 is 0 Å². The van der Waals surface area contributed by atoms with Crippen LogP contribution in [0.5, 0.6) is 0 Å². The average molecular weight is 808 g/mol. The zero-order valence-corrected chi connectivity index (χ0v) is 28.8. The monoisotopic (exact) mass is 810 g/mol. The van der Waals surface area contributed by atoms with Crippen molar-refractivity contribution < 1.29 is 26.3 Å². The van der Waals surface area contributed by atoms with Gasteiger partial charge in [0.2, 0.25) is 0 Å². The van der Waals surface area contributed by atoms with Crippen LogP contribution in [0.2, 0.25) is 0 Å². The molecule has 0 aliphatic rings. The first-order valence-corrected chi connectivity index (χ1v) is 22.1. The molecule has 218 valence electrons. The number of rotatable bonds is 6. The molecule has 8 heteroatoms. The molecule has 0 unspecified atom stereocenters. The second-order valence-electron chi connectivity index (χ2n) is 9.79. The van der Waals surface area contributed by atoms with Crippen LogP contribution < -0.4 is 21.5 Å². The molecule has 0 aromatic heterocycles. The summed E-state index contributed by atoms with van der Waals surface area (Å²) in [6.07, 6.45) is 0. The summed E-state index contributed by atoms with van der Waals surface area (Å²) in [5, 5.41) is 0. The molecule has 44 heavy (non-hydrogen) atoms. The second-order valence-corrected chi connectivity index (χ2v) is 24.0. The Kier molecular flexibility index (Phi) is 10.9. The van der Waals surface area contributed by atoms with E-state index in [2.05, 4.69) is 0 Å². The minimum absolute atomic E-state index is 0.287. The Morgan fingerprint density at radius 2 is 0.318 bits per heavy atom. The summed E-state index contributed by atoms with van der Waals surface area (Å²) in [7, 11) is 0. The maximum atomic E-state index is 13.2. The van der Waals surface area contributed by atoms with Crippen molar-refractivity contribution in [3.8, 4) is 0 Å². The van der Waals surface area contributed by atoms with E-state index in [1.54, 1.807) is 72.8 Å². The van der Waals surface area contributed by atoms with E-state index in [1.807, 2.05) is 0 Å². The van der Waals surface area contributed by atoms with Crippen LogP contribution >= 0.6 is 0 Å². The first-order valence-electron chi connectivity index (χ1n) is 13.6. The molecular formula is C36H24F6Sn2. The molecule has 0 nitrogen and oxygen atoms in total. The van der Waals surface area contributed by atoms with Crippen LogP contribution in [-0.2, 0) is 0 Å². The third-order valence-corrected chi connectivity index (χ3v) is 22.4. The number of hydrogen-bond donors (Lipinski definition) is 0. The van der Waals surface area contributed by atoms with E-state index in [9.17, 15) is 26.3 Å². The fourth-order valence-corrected chi connectivity index (χ4v) is 19.0. The van der Waals surface area contributed by atoms with Gasteiger partial charge in [0.25, 0.3) is 0 Å². The van der Waals surface area contributed by atoms with Crippen LogP contribution in [0.3, 0.4) is 0 Å². The molecule has 2 radical (unpaired) electrons. The third kappa shape index (κ3) is 8.35. The Morgan fingerprint density at radius 1 is 0.205 bits per heavy atom. The molecular weight excluding hydrogens is 784 g/mol. The molecule has 0 heterocycles. The van der Waals surface area contributed by atoms with Gasteiger partial charge in [-0.3, -0.25) is 0 Å². The van der Waals surface area contributed by atoms with Crippen LogP contribution in [0.25, 0.3) is 0 Å². The third-order valence-electron chi connectivity index (χ3n) is 6.80. The molecule has 6 aromatic rings. The molecule has 0 N–H and O–H groups in total. The molecule has 0 aliphatic heterocycles. The zero-order valence-electron chi connectivity index (χ0n) is 23.1. The topological polar surface area (TPSA) is 0 Å². The Labute approximate surface area is 266 Å². The van der Waals surface area contributed by atoms with Gasteiger partial charge in [0.15, 0.2) is 0 Å². The van der Waals surface area contributed by atoms with Gasteiger partial charge in [-0.2, -0.15) is 0 Å². The second kappa shape index (κ2) is 15.0. The predicted octanol–water partition coefficient (Wildman–Crippen LogP) is 5.24. The first kappa shape index (κ1) is 31.9. The summed E-state index contributed by atoms with van der Waals surface area (Å²) in [5.41, 5.74) is 0. The summed E-state index contributed by atoms with van der Waals surface area (Å²) in [6, 6.07) is 38.5. The van der Waals surface area contributed by atoms with Gasteiger partial charge in [0.05, 0.1) is 0 Å². The molecule has 6 rings (SSSR count). The van der Waals surface area contributed by atoms with Crippen molar-refractivity contribution in [3.05, 3.63) is 180 Å². The average Bonchev–Trinajstić information content (AvgIpc) is 3.03. The normalized spacial score (nSPS) is 10.9. The molecule has 6 aromatic carbocycles. The quantitative estimate of drug-likeness (QED) is 0.160. The van der Waals surface area contributed by atoms with Gasteiger partial charge >= 0.3 is 268 Å². The van der Waals surface area contributed by atoms with Gasteiger partial charge in [-0.25, -0.2) is 0 Å². The van der Waals surface area contributed by atoms with E-state index in [0.29, 0.717) is 0 Å². The number of halogens is 6. The molecule has 0 amide bonds. The minimum atomic E-state index is -2.56. The van der Waals surface area contributed by atoms with E-state index < -0.39 is 39.5 Å². The van der Waals surface area contributed by atoms with Gasteiger partial charge in [-0.1, -0.05) is 0 Å². The molecule has 0 spiro atoms. The Hall–Kier alpha value is -3.50. The molecule has 0 fully saturated rings. The van der Waals surface area contributed by atoms with E-state index in [4.69, 9.17) is 0 Å². The van der Waals surface area contributed by atoms with Crippen LogP contribution in [0, 0.1) is 34.9 Å². The number of hydrogen-bond acceptors (Lipinski definition) is 0. The summed E-state index contributed by atoms with van der Waals surface area (Å²) in [6.45, 7) is 0. The Balaban J connectivity index is 0.000000175. The van der Waals surface area contributed by atoms with Gasteiger partial charge in [-0.05, 0) is 0 Å². The predicted molar refractivity (Wildman–Crippen MR) is 168 cm³/mol. The van der Waals surface area contributed by atoms with Crippen molar-refractivity contribution in [1.82, 2.24) is 0 Å². The van der Waals surface area contributed by atoms with Crippen LogP contribution in [0.1, 0.15) is 0 Å². The van der Waals surface area contributed by atoms with Crippen molar-refractivity contribution in [3.63, 3.8) is 0 Å². The molecule has 0 aliphatic carbocycles. The van der Waals surface area contributed by atoms with E-state index in [0.717, 1.165) is 21.5 Å². The summed E-state index contributed by atoms with van der Waals surface area (Å²) >= 11 is -5.13. The molecule has 0 atom stereocenters. The maximum absolute atomic E-state index is 13.2.